The lowest BCUT2D eigenvalue weighted by Crippen LogP contribution is -2.43. The number of halogens is 1. The number of nitrogens with zero attached hydrogens (tertiary/aromatic N) is 1. The largest absolute Gasteiger partial charge is 0.369 e. The Morgan fingerprint density at radius 2 is 2.00 bits per heavy atom. The third-order valence-electron chi connectivity index (χ3n) is 4.88. The van der Waals surface area contributed by atoms with E-state index in [2.05, 4.69) is 18.7 Å². The quantitative estimate of drug-likeness (QED) is 0.851. The van der Waals surface area contributed by atoms with Gasteiger partial charge in [-0.3, -0.25) is 0 Å². The summed E-state index contributed by atoms with van der Waals surface area (Å²) >= 11 is 0. The molecule has 2 N–H and O–H groups in total. The van der Waals surface area contributed by atoms with Crippen LogP contribution in [0.3, 0.4) is 0 Å². The van der Waals surface area contributed by atoms with Crippen LogP contribution in [0.2, 0.25) is 0 Å². The molecule has 1 saturated carbocycles. The van der Waals surface area contributed by atoms with Crippen LogP contribution in [0.25, 0.3) is 0 Å². The molecule has 3 atom stereocenters. The van der Waals surface area contributed by atoms with Crippen molar-refractivity contribution in [2.75, 3.05) is 18.0 Å². The number of anilines is 1. The monoisotopic (exact) mass is 292 g/mol. The Hall–Kier alpha value is -1.09. The van der Waals surface area contributed by atoms with E-state index < -0.39 is 0 Å². The van der Waals surface area contributed by atoms with Gasteiger partial charge >= 0.3 is 0 Å². The van der Waals surface area contributed by atoms with Crippen LogP contribution >= 0.6 is 0 Å². The molecule has 2 nitrogen and oxygen atoms in total. The highest BCUT2D eigenvalue weighted by Crippen LogP contribution is 2.33. The summed E-state index contributed by atoms with van der Waals surface area (Å²) in [6.45, 7) is 6.03. The molecule has 0 aromatic heterocycles. The highest BCUT2D eigenvalue weighted by atomic mass is 19.1. The maximum Gasteiger partial charge on any atom is 0.146 e. The Kier molecular flexibility index (Phi) is 6.04. The lowest BCUT2D eigenvalue weighted by Gasteiger charge is -2.38. The van der Waals surface area contributed by atoms with Crippen LogP contribution < -0.4 is 10.6 Å². The van der Waals surface area contributed by atoms with Crippen LogP contribution in [0, 0.1) is 17.7 Å². The maximum absolute atomic E-state index is 14.0. The SMILES string of the molecule is CCCC1CCC(N)C(CN(CC)c2ccccc2F)C1. The van der Waals surface area contributed by atoms with Crippen LogP contribution in [-0.4, -0.2) is 19.1 Å². The van der Waals surface area contributed by atoms with E-state index >= 15 is 0 Å². The molecule has 1 aromatic rings. The average molecular weight is 292 g/mol. The summed E-state index contributed by atoms with van der Waals surface area (Å²) in [5.41, 5.74) is 7.05. The van der Waals surface area contributed by atoms with Crippen molar-refractivity contribution in [3.8, 4) is 0 Å². The molecule has 0 bridgehead atoms. The van der Waals surface area contributed by atoms with Gasteiger partial charge in [-0.25, -0.2) is 4.39 Å². The van der Waals surface area contributed by atoms with E-state index in [0.29, 0.717) is 11.6 Å². The first-order valence-corrected chi connectivity index (χ1v) is 8.40. The van der Waals surface area contributed by atoms with Crippen LogP contribution in [0.15, 0.2) is 24.3 Å². The summed E-state index contributed by atoms with van der Waals surface area (Å²) in [7, 11) is 0. The molecule has 0 heterocycles. The van der Waals surface area contributed by atoms with Gasteiger partial charge in [0.15, 0.2) is 0 Å². The molecule has 3 heteroatoms. The van der Waals surface area contributed by atoms with E-state index in [1.807, 2.05) is 12.1 Å². The molecular weight excluding hydrogens is 263 g/mol. The summed E-state index contributed by atoms with van der Waals surface area (Å²) in [5, 5.41) is 0. The number of hydrogen-bond donors (Lipinski definition) is 1. The second-order valence-electron chi connectivity index (χ2n) is 6.38. The van der Waals surface area contributed by atoms with Crippen molar-refractivity contribution >= 4 is 5.69 Å². The van der Waals surface area contributed by atoms with E-state index in [-0.39, 0.29) is 11.9 Å². The van der Waals surface area contributed by atoms with Crippen molar-refractivity contribution in [2.24, 2.45) is 17.6 Å². The number of para-hydroxylation sites is 1. The van der Waals surface area contributed by atoms with Crippen molar-refractivity contribution in [2.45, 2.75) is 52.0 Å². The first-order chi connectivity index (χ1) is 10.2. The number of benzene rings is 1. The van der Waals surface area contributed by atoms with Crippen LogP contribution in [0.4, 0.5) is 10.1 Å². The van der Waals surface area contributed by atoms with Gasteiger partial charge in [-0.1, -0.05) is 31.9 Å². The molecule has 21 heavy (non-hydrogen) atoms. The Morgan fingerprint density at radius 3 is 2.67 bits per heavy atom. The number of nitrogens with two attached hydrogens (primary N) is 1. The Balaban J connectivity index is 2.04. The van der Waals surface area contributed by atoms with Gasteiger partial charge in [-0.2, -0.15) is 0 Å². The molecule has 0 saturated heterocycles. The fraction of sp³-hybridized carbons (Fsp3) is 0.667. The van der Waals surface area contributed by atoms with Crippen molar-refractivity contribution < 1.29 is 4.39 Å². The lowest BCUT2D eigenvalue weighted by atomic mass is 9.76. The maximum atomic E-state index is 14.0. The summed E-state index contributed by atoms with van der Waals surface area (Å²) in [5.74, 6) is 1.16. The third-order valence-corrected chi connectivity index (χ3v) is 4.88. The van der Waals surface area contributed by atoms with Gasteiger partial charge in [0.25, 0.3) is 0 Å². The summed E-state index contributed by atoms with van der Waals surface area (Å²) < 4.78 is 14.0. The van der Waals surface area contributed by atoms with Gasteiger partial charge < -0.3 is 10.6 Å². The fourth-order valence-electron chi connectivity index (χ4n) is 3.65. The second-order valence-corrected chi connectivity index (χ2v) is 6.38. The highest BCUT2D eigenvalue weighted by Gasteiger charge is 2.29. The number of rotatable bonds is 6. The average Bonchev–Trinajstić information content (AvgIpc) is 2.49. The van der Waals surface area contributed by atoms with Crippen molar-refractivity contribution in [1.82, 2.24) is 0 Å². The van der Waals surface area contributed by atoms with Gasteiger partial charge in [0.2, 0.25) is 0 Å². The fourth-order valence-corrected chi connectivity index (χ4v) is 3.65. The zero-order valence-electron chi connectivity index (χ0n) is 13.4. The van der Waals surface area contributed by atoms with Crippen molar-refractivity contribution in [3.63, 3.8) is 0 Å². The molecule has 1 aliphatic carbocycles. The second kappa shape index (κ2) is 7.79. The van der Waals surface area contributed by atoms with Gasteiger partial charge in [-0.15, -0.1) is 0 Å². The van der Waals surface area contributed by atoms with E-state index in [9.17, 15) is 4.39 Å². The normalized spacial score (nSPS) is 25.8. The summed E-state index contributed by atoms with van der Waals surface area (Å²) in [6.07, 6.45) is 6.12. The molecular formula is C18H29FN2. The molecule has 0 amide bonds. The molecule has 0 aliphatic heterocycles. The topological polar surface area (TPSA) is 29.3 Å². The predicted molar refractivity (Wildman–Crippen MR) is 88.0 cm³/mol. The first-order valence-electron chi connectivity index (χ1n) is 8.40. The van der Waals surface area contributed by atoms with Crippen molar-refractivity contribution in [1.29, 1.82) is 0 Å². The Labute approximate surface area is 128 Å². The highest BCUT2D eigenvalue weighted by molar-refractivity contribution is 5.47. The minimum absolute atomic E-state index is 0.131. The molecule has 0 radical (unpaired) electrons. The van der Waals surface area contributed by atoms with Gasteiger partial charge in [-0.05, 0) is 50.2 Å². The zero-order chi connectivity index (χ0) is 15.2. The van der Waals surface area contributed by atoms with Crippen LogP contribution in [-0.2, 0) is 0 Å². The Morgan fingerprint density at radius 1 is 1.24 bits per heavy atom. The molecule has 1 aliphatic rings. The molecule has 1 aromatic carbocycles. The predicted octanol–water partition coefficient (Wildman–Crippen LogP) is 4.20. The van der Waals surface area contributed by atoms with Crippen LogP contribution in [0.1, 0.15) is 46.0 Å². The van der Waals surface area contributed by atoms with E-state index in [1.54, 1.807) is 12.1 Å². The standard InChI is InChI=1S/C18H29FN2/c1-3-7-14-10-11-17(20)15(12-14)13-21(4-2)18-9-6-5-8-16(18)19/h5-6,8-9,14-15,17H,3-4,7,10-13,20H2,1-2H3. The number of hydrogen-bond acceptors (Lipinski definition) is 2. The van der Waals surface area contributed by atoms with Gasteiger partial charge in [0.05, 0.1) is 5.69 Å². The van der Waals surface area contributed by atoms with E-state index in [4.69, 9.17) is 5.73 Å². The smallest absolute Gasteiger partial charge is 0.146 e. The zero-order valence-corrected chi connectivity index (χ0v) is 13.4. The van der Waals surface area contributed by atoms with Gasteiger partial charge in [0.1, 0.15) is 5.82 Å². The van der Waals surface area contributed by atoms with E-state index in [1.165, 1.54) is 25.7 Å². The molecule has 3 unspecified atom stereocenters. The first kappa shape index (κ1) is 16.3. The summed E-state index contributed by atoms with van der Waals surface area (Å²) in [4.78, 5) is 2.15. The Bertz CT molecular complexity index is 435. The summed E-state index contributed by atoms with van der Waals surface area (Å²) in [6, 6.07) is 7.33. The minimum atomic E-state index is -0.131. The third kappa shape index (κ3) is 4.19. The molecule has 1 fully saturated rings. The molecule has 2 rings (SSSR count). The van der Waals surface area contributed by atoms with E-state index in [0.717, 1.165) is 25.4 Å². The molecule has 118 valence electrons. The lowest BCUT2D eigenvalue weighted by molar-refractivity contribution is 0.224. The molecule has 0 spiro atoms. The van der Waals surface area contributed by atoms with Crippen molar-refractivity contribution in [3.05, 3.63) is 30.1 Å². The van der Waals surface area contributed by atoms with Gasteiger partial charge in [0, 0.05) is 19.1 Å². The van der Waals surface area contributed by atoms with Crippen LogP contribution in [0.5, 0.6) is 0 Å². The minimum Gasteiger partial charge on any atom is -0.369 e.